The van der Waals surface area contributed by atoms with E-state index in [0.717, 1.165) is 31.4 Å². The van der Waals surface area contributed by atoms with Crippen molar-refractivity contribution in [1.29, 1.82) is 0 Å². The topological polar surface area (TPSA) is 124 Å². The number of nitrogens with two attached hydrogens (primary N) is 1. The van der Waals surface area contributed by atoms with Gasteiger partial charge < -0.3 is 26.0 Å². The molecule has 1 heterocycles. The number of benzene rings is 2. The summed E-state index contributed by atoms with van der Waals surface area (Å²) in [5, 5.41) is 9.19. The maximum atomic E-state index is 12.9. The van der Waals surface area contributed by atoms with Gasteiger partial charge in [0.1, 0.15) is 12.4 Å². The minimum Gasteiger partial charge on any atom is -0.491 e. The summed E-state index contributed by atoms with van der Waals surface area (Å²) in [5.74, 6) is -0.705. The van der Waals surface area contributed by atoms with Gasteiger partial charge in [0.05, 0.1) is 18.4 Å². The molecule has 5 N–H and O–H groups in total. The van der Waals surface area contributed by atoms with Crippen molar-refractivity contribution in [2.24, 2.45) is 11.7 Å². The van der Waals surface area contributed by atoms with Crippen LogP contribution in [0.25, 0.3) is 0 Å². The van der Waals surface area contributed by atoms with Crippen LogP contribution in [0.4, 0.5) is 0 Å². The number of nitrogens with zero attached hydrogens (tertiary/aromatic N) is 1. The summed E-state index contributed by atoms with van der Waals surface area (Å²) in [5.41, 5.74) is 8.01. The van der Waals surface area contributed by atoms with Crippen molar-refractivity contribution < 1.29 is 24.9 Å². The molecule has 1 aliphatic rings. The number of hydrogen-bond donors (Lipinski definition) is 2. The first kappa shape index (κ1) is 25.4. The lowest BCUT2D eigenvalue weighted by Gasteiger charge is -2.25. The molecule has 32 heavy (non-hydrogen) atoms. The number of ether oxygens (including phenoxy) is 1. The number of carbonyl (C=O) groups is 2. The van der Waals surface area contributed by atoms with Crippen LogP contribution in [0.15, 0.2) is 54.6 Å². The van der Waals surface area contributed by atoms with Crippen molar-refractivity contribution in [2.45, 2.75) is 44.6 Å². The van der Waals surface area contributed by atoms with Gasteiger partial charge in [0.2, 0.25) is 5.91 Å². The molecule has 174 valence electrons. The molecule has 1 saturated heterocycles. The molecular formula is C25H34N2O5. The fourth-order valence-electron chi connectivity index (χ4n) is 4.19. The molecule has 0 aromatic heterocycles. The van der Waals surface area contributed by atoms with Crippen LogP contribution in [0.1, 0.15) is 36.8 Å². The molecule has 0 aliphatic carbocycles. The first-order valence-corrected chi connectivity index (χ1v) is 11.0. The van der Waals surface area contributed by atoms with E-state index >= 15 is 0 Å². The molecule has 7 heteroatoms. The fourth-order valence-corrected chi connectivity index (χ4v) is 4.19. The van der Waals surface area contributed by atoms with Crippen molar-refractivity contribution in [3.8, 4) is 5.75 Å². The van der Waals surface area contributed by atoms with Crippen LogP contribution in [-0.2, 0) is 22.4 Å². The van der Waals surface area contributed by atoms with E-state index in [1.807, 2.05) is 41.3 Å². The molecule has 7 nitrogen and oxygen atoms in total. The largest absolute Gasteiger partial charge is 0.491 e. The maximum absolute atomic E-state index is 12.9. The average Bonchev–Trinajstić information content (AvgIpc) is 3.06. The van der Waals surface area contributed by atoms with Gasteiger partial charge in [-0.25, -0.2) is 0 Å². The summed E-state index contributed by atoms with van der Waals surface area (Å²) in [4.78, 5) is 25.9. The van der Waals surface area contributed by atoms with Gasteiger partial charge in [-0.2, -0.15) is 0 Å². The molecule has 1 amide bonds. The third-order valence-electron chi connectivity index (χ3n) is 5.77. The number of carbonyl (C=O) groups excluding carboxylic acids is 1. The van der Waals surface area contributed by atoms with E-state index in [1.165, 1.54) is 11.1 Å². The second-order valence-electron chi connectivity index (χ2n) is 8.16. The lowest BCUT2D eigenvalue weighted by atomic mass is 10.0. The Balaban J connectivity index is 0.00000363. The van der Waals surface area contributed by atoms with Crippen LogP contribution < -0.4 is 10.5 Å². The third-order valence-corrected chi connectivity index (χ3v) is 5.77. The highest BCUT2D eigenvalue weighted by Crippen LogP contribution is 2.29. The highest BCUT2D eigenvalue weighted by molar-refractivity contribution is 5.85. The zero-order valence-electron chi connectivity index (χ0n) is 18.4. The number of carboxylic acids is 1. The summed E-state index contributed by atoms with van der Waals surface area (Å²) in [7, 11) is 0. The van der Waals surface area contributed by atoms with Gasteiger partial charge in [-0.05, 0) is 61.9 Å². The number of aliphatic carboxylic acids is 1. The molecule has 0 bridgehead atoms. The normalized spacial score (nSPS) is 17.8. The Labute approximate surface area is 189 Å². The molecule has 0 saturated carbocycles. The van der Waals surface area contributed by atoms with Gasteiger partial charge in [0.15, 0.2) is 0 Å². The third kappa shape index (κ3) is 7.35. The van der Waals surface area contributed by atoms with Crippen molar-refractivity contribution in [2.75, 3.05) is 19.7 Å². The Bertz CT molecular complexity index is 858. The number of hydrogen-bond acceptors (Lipinski definition) is 4. The highest BCUT2D eigenvalue weighted by atomic mass is 16.5. The quantitative estimate of drug-likeness (QED) is 0.522. The number of carboxylic acid groups (broad SMARTS) is 1. The van der Waals surface area contributed by atoms with Gasteiger partial charge in [0.25, 0.3) is 0 Å². The fraction of sp³-hybridized carbons (Fsp3) is 0.440. The van der Waals surface area contributed by atoms with Gasteiger partial charge in [-0.15, -0.1) is 0 Å². The van der Waals surface area contributed by atoms with E-state index in [9.17, 15) is 14.7 Å². The molecule has 3 rings (SSSR count). The Morgan fingerprint density at radius 1 is 1.06 bits per heavy atom. The van der Waals surface area contributed by atoms with E-state index in [2.05, 4.69) is 18.2 Å². The minimum atomic E-state index is -0.934. The van der Waals surface area contributed by atoms with E-state index < -0.39 is 11.9 Å². The summed E-state index contributed by atoms with van der Waals surface area (Å²) >= 11 is 0. The van der Waals surface area contributed by atoms with Crippen molar-refractivity contribution in [3.63, 3.8) is 0 Å². The molecule has 2 aromatic rings. The van der Waals surface area contributed by atoms with Crippen molar-refractivity contribution >= 4 is 11.9 Å². The smallest absolute Gasteiger partial charge is 0.304 e. The van der Waals surface area contributed by atoms with Gasteiger partial charge >= 0.3 is 5.97 Å². The van der Waals surface area contributed by atoms with E-state index in [4.69, 9.17) is 10.5 Å². The van der Waals surface area contributed by atoms with E-state index in [1.54, 1.807) is 0 Å². The zero-order valence-corrected chi connectivity index (χ0v) is 18.4. The number of rotatable bonds is 12. The summed E-state index contributed by atoms with van der Waals surface area (Å²) in [6.45, 7) is 1.63. The Kier molecular flexibility index (Phi) is 10.2. The minimum absolute atomic E-state index is 0. The molecule has 0 unspecified atom stereocenters. The number of amides is 1. The van der Waals surface area contributed by atoms with Crippen LogP contribution in [0, 0.1) is 5.92 Å². The van der Waals surface area contributed by atoms with Gasteiger partial charge in [-0.3, -0.25) is 9.59 Å². The lowest BCUT2D eigenvalue weighted by molar-refractivity contribution is -0.142. The average molecular weight is 443 g/mol. The van der Waals surface area contributed by atoms with Crippen LogP contribution >= 0.6 is 0 Å². The van der Waals surface area contributed by atoms with Crippen LogP contribution in [0.2, 0.25) is 0 Å². The Morgan fingerprint density at radius 3 is 2.50 bits per heavy atom. The van der Waals surface area contributed by atoms with Crippen LogP contribution in [0.3, 0.4) is 0 Å². The first-order valence-electron chi connectivity index (χ1n) is 11.0. The van der Waals surface area contributed by atoms with E-state index in [0.29, 0.717) is 26.1 Å². The van der Waals surface area contributed by atoms with E-state index in [-0.39, 0.29) is 23.8 Å². The highest BCUT2D eigenvalue weighted by Gasteiger charge is 2.40. The summed E-state index contributed by atoms with van der Waals surface area (Å²) in [6, 6.07) is 18.0. The molecule has 1 fully saturated rings. The summed E-state index contributed by atoms with van der Waals surface area (Å²) < 4.78 is 6.03. The Hall–Kier alpha value is -2.90. The Morgan fingerprint density at radius 2 is 1.78 bits per heavy atom. The van der Waals surface area contributed by atoms with Crippen LogP contribution in [0.5, 0.6) is 5.75 Å². The molecule has 2 atom stereocenters. The standard InChI is InChI=1S/C25H32N2O4.H2O/c26-13-5-10-20-9-4-12-23(15-20)31-18-22-16-21(17-24(28)29)25(30)27(22)14-6-11-19-7-2-1-3-8-19;/h1-4,7-9,12,15,21-22H,5-6,10-11,13-14,16-18,26H2,(H,28,29);1H2/t21-,22-;/m0./s1. The first-order chi connectivity index (χ1) is 15.1. The predicted octanol–water partition coefficient (Wildman–Crippen LogP) is 2.46. The monoisotopic (exact) mass is 442 g/mol. The molecule has 0 radical (unpaired) electrons. The number of aryl methyl sites for hydroxylation is 2. The number of likely N-dealkylation sites (tertiary alicyclic amines) is 1. The molecule has 1 aliphatic heterocycles. The molecule has 2 aromatic carbocycles. The van der Waals surface area contributed by atoms with Gasteiger partial charge in [-0.1, -0.05) is 42.5 Å². The zero-order chi connectivity index (χ0) is 22.1. The molecular weight excluding hydrogens is 408 g/mol. The predicted molar refractivity (Wildman–Crippen MR) is 124 cm³/mol. The maximum Gasteiger partial charge on any atom is 0.304 e. The lowest BCUT2D eigenvalue weighted by Crippen LogP contribution is -2.38. The van der Waals surface area contributed by atoms with Crippen molar-refractivity contribution in [1.82, 2.24) is 4.90 Å². The summed E-state index contributed by atoms with van der Waals surface area (Å²) in [6.07, 6.45) is 3.93. The molecule has 0 spiro atoms. The second kappa shape index (κ2) is 12.8. The van der Waals surface area contributed by atoms with Crippen molar-refractivity contribution in [3.05, 3.63) is 65.7 Å². The second-order valence-corrected chi connectivity index (χ2v) is 8.16. The van der Waals surface area contributed by atoms with Crippen LogP contribution in [-0.4, -0.2) is 53.1 Å². The van der Waals surface area contributed by atoms with Gasteiger partial charge in [0, 0.05) is 6.54 Å². The SMILES string of the molecule is NCCCc1cccc(OC[C@@H]2C[C@@H](CC(=O)O)C(=O)N2CCCc2ccccc2)c1.O.